The molecule has 2 aromatic carbocycles. The third-order valence-corrected chi connectivity index (χ3v) is 3.32. The van der Waals surface area contributed by atoms with Crippen LogP contribution < -0.4 is 10.5 Å². The predicted molar refractivity (Wildman–Crippen MR) is 81.4 cm³/mol. The Labute approximate surface area is 119 Å². The fraction of sp³-hybridized carbons (Fsp3) is 0.235. The number of carbonyl (C=O) groups excluding carboxylic acids is 1. The quantitative estimate of drug-likeness (QED) is 0.681. The SMILES string of the molecule is COc1ccc(C(=O)c2ccccc2N)cc1C(C)C. The summed E-state index contributed by atoms with van der Waals surface area (Å²) in [6.45, 7) is 4.14. The van der Waals surface area contributed by atoms with E-state index in [2.05, 4.69) is 13.8 Å². The molecule has 0 bridgehead atoms. The van der Waals surface area contributed by atoms with Crippen molar-refractivity contribution >= 4 is 11.5 Å². The van der Waals surface area contributed by atoms with Gasteiger partial charge in [0.2, 0.25) is 0 Å². The highest BCUT2D eigenvalue weighted by molar-refractivity contribution is 6.12. The van der Waals surface area contributed by atoms with Crippen molar-refractivity contribution in [3.8, 4) is 5.75 Å². The van der Waals surface area contributed by atoms with Crippen molar-refractivity contribution < 1.29 is 9.53 Å². The van der Waals surface area contributed by atoms with E-state index < -0.39 is 0 Å². The summed E-state index contributed by atoms with van der Waals surface area (Å²) in [7, 11) is 1.64. The van der Waals surface area contributed by atoms with E-state index in [0.29, 0.717) is 16.8 Å². The van der Waals surface area contributed by atoms with Gasteiger partial charge in [0.1, 0.15) is 5.75 Å². The van der Waals surface area contributed by atoms with Gasteiger partial charge in [0.05, 0.1) is 7.11 Å². The Morgan fingerprint density at radius 1 is 1.15 bits per heavy atom. The van der Waals surface area contributed by atoms with Gasteiger partial charge < -0.3 is 10.5 Å². The second kappa shape index (κ2) is 5.78. The smallest absolute Gasteiger partial charge is 0.195 e. The summed E-state index contributed by atoms with van der Waals surface area (Å²) >= 11 is 0. The van der Waals surface area contributed by atoms with Crippen molar-refractivity contribution in [2.45, 2.75) is 19.8 Å². The third-order valence-electron chi connectivity index (χ3n) is 3.32. The topological polar surface area (TPSA) is 52.3 Å². The Balaban J connectivity index is 2.46. The number of rotatable bonds is 4. The first kappa shape index (κ1) is 14.1. The standard InChI is InChI=1S/C17H19NO2/c1-11(2)14-10-12(8-9-16(14)20-3)17(19)13-6-4-5-7-15(13)18/h4-11H,18H2,1-3H3. The van der Waals surface area contributed by atoms with Gasteiger partial charge in [-0.2, -0.15) is 0 Å². The van der Waals surface area contributed by atoms with E-state index >= 15 is 0 Å². The van der Waals surface area contributed by atoms with Crippen LogP contribution in [0.2, 0.25) is 0 Å². The molecule has 3 nitrogen and oxygen atoms in total. The van der Waals surface area contributed by atoms with E-state index in [-0.39, 0.29) is 11.7 Å². The number of nitrogen functional groups attached to an aromatic ring is 1. The van der Waals surface area contributed by atoms with E-state index in [1.165, 1.54) is 0 Å². The summed E-state index contributed by atoms with van der Waals surface area (Å²) in [4.78, 5) is 12.5. The van der Waals surface area contributed by atoms with Gasteiger partial charge >= 0.3 is 0 Å². The highest BCUT2D eigenvalue weighted by atomic mass is 16.5. The minimum Gasteiger partial charge on any atom is -0.496 e. The lowest BCUT2D eigenvalue weighted by atomic mass is 9.95. The Morgan fingerprint density at radius 2 is 1.85 bits per heavy atom. The number of para-hydroxylation sites is 1. The fourth-order valence-electron chi connectivity index (χ4n) is 2.19. The van der Waals surface area contributed by atoms with E-state index in [4.69, 9.17) is 10.5 Å². The van der Waals surface area contributed by atoms with Gasteiger partial charge in [-0.15, -0.1) is 0 Å². The van der Waals surface area contributed by atoms with E-state index in [1.807, 2.05) is 24.3 Å². The molecule has 0 fully saturated rings. The molecule has 0 saturated heterocycles. The summed E-state index contributed by atoms with van der Waals surface area (Å²) in [6.07, 6.45) is 0. The molecule has 3 heteroatoms. The highest BCUT2D eigenvalue weighted by Crippen LogP contribution is 2.28. The summed E-state index contributed by atoms with van der Waals surface area (Å²) in [5, 5.41) is 0. The Hall–Kier alpha value is -2.29. The highest BCUT2D eigenvalue weighted by Gasteiger charge is 2.15. The molecule has 2 aromatic rings. The molecule has 0 spiro atoms. The molecule has 0 radical (unpaired) electrons. The maximum absolute atomic E-state index is 12.5. The number of nitrogens with two attached hydrogens (primary N) is 1. The first-order valence-corrected chi connectivity index (χ1v) is 6.61. The van der Waals surface area contributed by atoms with Crippen LogP contribution in [0.1, 0.15) is 41.3 Å². The van der Waals surface area contributed by atoms with Crippen LogP contribution in [0.4, 0.5) is 5.69 Å². The molecule has 2 rings (SSSR count). The zero-order valence-corrected chi connectivity index (χ0v) is 12.0. The number of carbonyl (C=O) groups is 1. The van der Waals surface area contributed by atoms with Gasteiger partial charge in [0.25, 0.3) is 0 Å². The molecule has 2 N–H and O–H groups in total. The fourth-order valence-corrected chi connectivity index (χ4v) is 2.19. The van der Waals surface area contributed by atoms with Gasteiger partial charge in [-0.1, -0.05) is 26.0 Å². The van der Waals surface area contributed by atoms with E-state index in [9.17, 15) is 4.79 Å². The van der Waals surface area contributed by atoms with Crippen LogP contribution in [-0.4, -0.2) is 12.9 Å². The van der Waals surface area contributed by atoms with Gasteiger partial charge in [0.15, 0.2) is 5.78 Å². The molecule has 0 aliphatic heterocycles. The lowest BCUT2D eigenvalue weighted by molar-refractivity contribution is 0.103. The number of hydrogen-bond donors (Lipinski definition) is 1. The largest absolute Gasteiger partial charge is 0.496 e. The summed E-state index contributed by atoms with van der Waals surface area (Å²) in [5.41, 5.74) is 8.55. The van der Waals surface area contributed by atoms with Crippen LogP contribution in [-0.2, 0) is 0 Å². The first-order valence-electron chi connectivity index (χ1n) is 6.61. The molecular weight excluding hydrogens is 250 g/mol. The molecule has 0 aliphatic carbocycles. The molecule has 0 aromatic heterocycles. The lowest BCUT2D eigenvalue weighted by Crippen LogP contribution is -2.06. The predicted octanol–water partition coefficient (Wildman–Crippen LogP) is 3.63. The molecular formula is C17H19NO2. The summed E-state index contributed by atoms with van der Waals surface area (Å²) in [5.74, 6) is 1.02. The van der Waals surface area contributed by atoms with E-state index in [0.717, 1.165) is 11.3 Å². The molecule has 20 heavy (non-hydrogen) atoms. The second-order valence-corrected chi connectivity index (χ2v) is 5.03. The Kier molecular flexibility index (Phi) is 4.08. The van der Waals surface area contributed by atoms with Crippen molar-refractivity contribution in [2.75, 3.05) is 12.8 Å². The monoisotopic (exact) mass is 269 g/mol. The maximum Gasteiger partial charge on any atom is 0.195 e. The molecule has 0 atom stereocenters. The zero-order valence-electron chi connectivity index (χ0n) is 12.0. The average Bonchev–Trinajstić information content (AvgIpc) is 2.46. The van der Waals surface area contributed by atoms with Crippen molar-refractivity contribution in [1.82, 2.24) is 0 Å². The zero-order chi connectivity index (χ0) is 14.7. The van der Waals surface area contributed by atoms with Gasteiger partial charge in [-0.3, -0.25) is 4.79 Å². The first-order chi connectivity index (χ1) is 9.54. The van der Waals surface area contributed by atoms with Crippen molar-refractivity contribution in [3.63, 3.8) is 0 Å². The van der Waals surface area contributed by atoms with Crippen LogP contribution in [0.3, 0.4) is 0 Å². The number of benzene rings is 2. The van der Waals surface area contributed by atoms with Gasteiger partial charge in [-0.05, 0) is 41.8 Å². The van der Waals surface area contributed by atoms with Crippen LogP contribution in [0, 0.1) is 0 Å². The van der Waals surface area contributed by atoms with Crippen LogP contribution >= 0.6 is 0 Å². The van der Waals surface area contributed by atoms with Crippen LogP contribution in [0.15, 0.2) is 42.5 Å². The average molecular weight is 269 g/mol. The summed E-state index contributed by atoms with van der Waals surface area (Å²) < 4.78 is 5.33. The van der Waals surface area contributed by atoms with Crippen LogP contribution in [0.5, 0.6) is 5.75 Å². The Bertz CT molecular complexity index is 633. The number of ether oxygens (including phenoxy) is 1. The molecule has 0 aliphatic rings. The molecule has 0 amide bonds. The third kappa shape index (κ3) is 2.67. The van der Waals surface area contributed by atoms with Crippen molar-refractivity contribution in [3.05, 3.63) is 59.2 Å². The van der Waals surface area contributed by atoms with Gasteiger partial charge in [0, 0.05) is 16.8 Å². The minimum absolute atomic E-state index is 0.0624. The molecule has 0 unspecified atom stereocenters. The number of anilines is 1. The summed E-state index contributed by atoms with van der Waals surface area (Å²) in [6, 6.07) is 12.6. The minimum atomic E-state index is -0.0624. The Morgan fingerprint density at radius 3 is 2.45 bits per heavy atom. The number of methoxy groups -OCH3 is 1. The van der Waals surface area contributed by atoms with Crippen molar-refractivity contribution in [1.29, 1.82) is 0 Å². The van der Waals surface area contributed by atoms with Crippen LogP contribution in [0.25, 0.3) is 0 Å². The number of hydrogen-bond acceptors (Lipinski definition) is 3. The van der Waals surface area contributed by atoms with E-state index in [1.54, 1.807) is 25.3 Å². The molecule has 0 heterocycles. The number of ketones is 1. The lowest BCUT2D eigenvalue weighted by Gasteiger charge is -2.13. The second-order valence-electron chi connectivity index (χ2n) is 5.03. The normalized spacial score (nSPS) is 10.6. The van der Waals surface area contributed by atoms with Gasteiger partial charge in [-0.25, -0.2) is 0 Å². The molecule has 0 saturated carbocycles. The maximum atomic E-state index is 12.5. The van der Waals surface area contributed by atoms with Crippen molar-refractivity contribution in [2.24, 2.45) is 0 Å². The molecule has 104 valence electrons.